The molecule has 3 heterocycles. The Morgan fingerprint density at radius 2 is 1.74 bits per heavy atom. The third-order valence-corrected chi connectivity index (χ3v) is 6.18. The summed E-state index contributed by atoms with van der Waals surface area (Å²) in [6.07, 6.45) is -0.790. The van der Waals surface area contributed by atoms with E-state index in [0.717, 1.165) is 11.3 Å². The molecule has 11 heteroatoms. The zero-order chi connectivity index (χ0) is 23.8. The van der Waals surface area contributed by atoms with Crippen LogP contribution in [0.15, 0.2) is 48.5 Å². The van der Waals surface area contributed by atoms with Crippen LogP contribution in [0.25, 0.3) is 11.4 Å². The number of carboxylic acids is 1. The van der Waals surface area contributed by atoms with Crippen LogP contribution in [0.3, 0.4) is 0 Å². The summed E-state index contributed by atoms with van der Waals surface area (Å²) in [5.41, 5.74) is 1.79. The van der Waals surface area contributed by atoms with Gasteiger partial charge in [-0.25, -0.2) is 4.68 Å². The summed E-state index contributed by atoms with van der Waals surface area (Å²) in [6, 6.07) is 13.1. The van der Waals surface area contributed by atoms with Gasteiger partial charge in [0.2, 0.25) is 0 Å². The topological polar surface area (TPSA) is 135 Å². The molecule has 5 rings (SSSR count). The second kappa shape index (κ2) is 8.84. The number of amides is 1. The van der Waals surface area contributed by atoms with Crippen LogP contribution < -0.4 is 15.3 Å². The van der Waals surface area contributed by atoms with E-state index in [0.29, 0.717) is 12.4 Å². The number of fused-ring (bicyclic) bond motifs is 1. The normalized spacial score (nSPS) is 23.5. The minimum atomic E-state index is -1.41. The number of aromatic carboxylic acids is 1. The van der Waals surface area contributed by atoms with E-state index in [-0.39, 0.29) is 29.9 Å². The zero-order valence-electron chi connectivity index (χ0n) is 18.6. The number of anilines is 1. The molecule has 34 heavy (non-hydrogen) atoms. The van der Waals surface area contributed by atoms with E-state index in [1.807, 2.05) is 43.3 Å². The van der Waals surface area contributed by atoms with Gasteiger partial charge in [-0.1, -0.05) is 18.2 Å². The Morgan fingerprint density at radius 3 is 2.44 bits per heavy atom. The van der Waals surface area contributed by atoms with Gasteiger partial charge in [-0.15, -0.1) is 5.10 Å². The number of nitrogens with one attached hydrogen (secondary N) is 1. The minimum absolute atomic E-state index is 0.0319. The van der Waals surface area contributed by atoms with Gasteiger partial charge in [0.1, 0.15) is 18.2 Å². The minimum Gasteiger partial charge on any atom is -0.545 e. The Labute approximate surface area is 195 Å². The van der Waals surface area contributed by atoms with E-state index < -0.39 is 24.0 Å². The molecule has 0 unspecified atom stereocenters. The Morgan fingerprint density at radius 1 is 1.03 bits per heavy atom. The quantitative estimate of drug-likeness (QED) is 0.532. The lowest BCUT2D eigenvalue weighted by atomic mass is 10.0. The molecule has 4 atom stereocenters. The first-order valence-corrected chi connectivity index (χ1v) is 10.8. The van der Waals surface area contributed by atoms with Crippen molar-refractivity contribution in [2.24, 2.45) is 0 Å². The van der Waals surface area contributed by atoms with Gasteiger partial charge in [-0.3, -0.25) is 4.79 Å². The first kappa shape index (κ1) is 22.0. The fourth-order valence-corrected chi connectivity index (χ4v) is 4.43. The van der Waals surface area contributed by atoms with Crippen molar-refractivity contribution in [3.8, 4) is 11.4 Å². The maximum atomic E-state index is 12.8. The standard InChI is InChI=1S/C23H24N6O5/c1-28(2)14-9-7-13(8-10-14)21-25-26-27-29(21)18-12-34-19-17(11-33-20(18)19)24-22(30)15-5-3-4-6-16(15)23(31)32/h3-10,17-20H,11-12H2,1-2H3,(H,24,30)(H,31,32)/p-1/t17-,18-,19+,20+/m0/s1. The van der Waals surface area contributed by atoms with Crippen LogP contribution in [0, 0.1) is 0 Å². The van der Waals surface area contributed by atoms with Crippen molar-refractivity contribution in [2.45, 2.75) is 24.3 Å². The van der Waals surface area contributed by atoms with Gasteiger partial charge in [-0.05, 0) is 40.8 Å². The molecule has 2 aliphatic rings. The average molecular weight is 463 g/mol. The van der Waals surface area contributed by atoms with Crippen molar-refractivity contribution in [3.05, 3.63) is 59.7 Å². The number of aromatic nitrogens is 4. The van der Waals surface area contributed by atoms with E-state index >= 15 is 0 Å². The molecule has 0 aliphatic carbocycles. The molecule has 2 saturated heterocycles. The average Bonchev–Trinajstić information content (AvgIpc) is 3.56. The lowest BCUT2D eigenvalue weighted by Crippen LogP contribution is -2.44. The maximum Gasteiger partial charge on any atom is 0.252 e. The second-order valence-electron chi connectivity index (χ2n) is 8.46. The molecule has 2 fully saturated rings. The summed E-state index contributed by atoms with van der Waals surface area (Å²) in [5.74, 6) is -1.34. The number of rotatable bonds is 6. The van der Waals surface area contributed by atoms with Crippen molar-refractivity contribution >= 4 is 17.6 Å². The number of benzene rings is 2. The van der Waals surface area contributed by atoms with Crippen LogP contribution in [-0.4, -0.2) is 77.6 Å². The molecule has 1 amide bonds. The summed E-state index contributed by atoms with van der Waals surface area (Å²) in [6.45, 7) is 0.533. The van der Waals surface area contributed by atoms with E-state index in [1.165, 1.54) is 12.1 Å². The smallest absolute Gasteiger partial charge is 0.252 e. The molecular formula is C23H23N6O5-. The van der Waals surface area contributed by atoms with E-state index in [4.69, 9.17) is 9.47 Å². The van der Waals surface area contributed by atoms with Crippen LogP contribution in [0.4, 0.5) is 5.69 Å². The molecule has 0 bridgehead atoms. The fraction of sp³-hybridized carbons (Fsp3) is 0.348. The third kappa shape index (κ3) is 3.88. The zero-order valence-corrected chi connectivity index (χ0v) is 18.6. The van der Waals surface area contributed by atoms with Crippen molar-refractivity contribution in [1.29, 1.82) is 0 Å². The van der Waals surface area contributed by atoms with Crippen molar-refractivity contribution < 1.29 is 24.2 Å². The number of nitrogens with zero attached hydrogens (tertiary/aromatic N) is 5. The van der Waals surface area contributed by atoms with Gasteiger partial charge in [0, 0.05) is 36.5 Å². The van der Waals surface area contributed by atoms with Crippen LogP contribution in [-0.2, 0) is 9.47 Å². The predicted molar refractivity (Wildman–Crippen MR) is 118 cm³/mol. The number of carbonyl (C=O) groups is 2. The van der Waals surface area contributed by atoms with Gasteiger partial charge in [0.05, 0.1) is 25.2 Å². The molecule has 1 aromatic heterocycles. The lowest BCUT2D eigenvalue weighted by Gasteiger charge is -2.19. The Hall–Kier alpha value is -3.83. The molecule has 3 aromatic rings. The molecule has 11 nitrogen and oxygen atoms in total. The van der Waals surface area contributed by atoms with Crippen LogP contribution >= 0.6 is 0 Å². The summed E-state index contributed by atoms with van der Waals surface area (Å²) in [4.78, 5) is 26.1. The van der Waals surface area contributed by atoms with Crippen LogP contribution in [0.5, 0.6) is 0 Å². The monoisotopic (exact) mass is 463 g/mol. The highest BCUT2D eigenvalue weighted by Gasteiger charge is 2.50. The number of carboxylic acid groups (broad SMARTS) is 1. The fourth-order valence-electron chi connectivity index (χ4n) is 4.43. The van der Waals surface area contributed by atoms with Crippen molar-refractivity contribution in [2.75, 3.05) is 32.2 Å². The first-order valence-electron chi connectivity index (χ1n) is 10.8. The van der Waals surface area contributed by atoms with Crippen LogP contribution in [0.1, 0.15) is 26.8 Å². The summed E-state index contributed by atoms with van der Waals surface area (Å²) in [5, 5.41) is 26.4. The van der Waals surface area contributed by atoms with E-state index in [2.05, 4.69) is 20.8 Å². The molecule has 0 radical (unpaired) electrons. The van der Waals surface area contributed by atoms with Crippen LogP contribution in [0.2, 0.25) is 0 Å². The molecule has 2 aliphatic heterocycles. The molecule has 0 saturated carbocycles. The number of hydrogen-bond donors (Lipinski definition) is 1. The predicted octanol–water partition coefficient (Wildman–Crippen LogP) is -0.0931. The third-order valence-electron chi connectivity index (χ3n) is 6.18. The molecular weight excluding hydrogens is 440 g/mol. The number of tetrazole rings is 1. The molecule has 1 N–H and O–H groups in total. The van der Waals surface area contributed by atoms with Gasteiger partial charge in [-0.2, -0.15) is 0 Å². The van der Waals surface area contributed by atoms with Gasteiger partial charge < -0.3 is 29.6 Å². The van der Waals surface area contributed by atoms with Gasteiger partial charge in [0.15, 0.2) is 5.82 Å². The first-order chi connectivity index (χ1) is 16.4. The number of carbonyl (C=O) groups excluding carboxylic acids is 2. The molecule has 0 spiro atoms. The highest BCUT2D eigenvalue weighted by molar-refractivity contribution is 6.04. The molecule has 2 aromatic carbocycles. The largest absolute Gasteiger partial charge is 0.545 e. The highest BCUT2D eigenvalue weighted by Crippen LogP contribution is 2.36. The highest BCUT2D eigenvalue weighted by atomic mass is 16.6. The lowest BCUT2D eigenvalue weighted by molar-refractivity contribution is -0.255. The van der Waals surface area contributed by atoms with Gasteiger partial charge in [0.25, 0.3) is 5.91 Å². The number of ether oxygens (including phenoxy) is 2. The SMILES string of the molecule is CN(C)c1ccc(-c2nnnn2[C@H]2CO[C@H]3[C@@H]2OC[C@@H]3NC(=O)c2ccccc2C(=O)[O-])cc1. The van der Waals surface area contributed by atoms with Crippen molar-refractivity contribution in [3.63, 3.8) is 0 Å². The van der Waals surface area contributed by atoms with E-state index in [9.17, 15) is 14.7 Å². The van der Waals surface area contributed by atoms with Crippen molar-refractivity contribution in [1.82, 2.24) is 25.5 Å². The Bertz CT molecular complexity index is 1210. The Kier molecular flexibility index (Phi) is 5.72. The Balaban J connectivity index is 1.32. The summed E-state index contributed by atoms with van der Waals surface area (Å²) in [7, 11) is 3.94. The second-order valence-corrected chi connectivity index (χ2v) is 8.46. The maximum absolute atomic E-state index is 12.8. The molecule has 176 valence electrons. The number of hydrogen-bond acceptors (Lipinski definition) is 9. The summed E-state index contributed by atoms with van der Waals surface area (Å²) >= 11 is 0. The van der Waals surface area contributed by atoms with E-state index in [1.54, 1.807) is 16.8 Å². The summed E-state index contributed by atoms with van der Waals surface area (Å²) < 4.78 is 13.7. The van der Waals surface area contributed by atoms with Gasteiger partial charge >= 0.3 is 0 Å².